The van der Waals surface area contributed by atoms with Gasteiger partial charge in [0.15, 0.2) is 0 Å². The average Bonchev–Trinajstić information content (AvgIpc) is 1.85. The lowest BCUT2D eigenvalue weighted by atomic mass is 10.2. The van der Waals surface area contributed by atoms with Crippen molar-refractivity contribution in [3.8, 4) is 6.07 Å². The summed E-state index contributed by atoms with van der Waals surface area (Å²) >= 11 is 0. The number of hydrogen-bond donors (Lipinski definition) is 1. The van der Waals surface area contributed by atoms with Crippen LogP contribution in [0.3, 0.4) is 0 Å². The van der Waals surface area contributed by atoms with Crippen molar-refractivity contribution in [1.29, 1.82) is 5.26 Å². The summed E-state index contributed by atoms with van der Waals surface area (Å²) in [5, 5.41) is 8.40. The predicted octanol–water partition coefficient (Wildman–Crippen LogP) is 0.383. The maximum atomic E-state index is 8.40. The van der Waals surface area contributed by atoms with Crippen LogP contribution in [0.15, 0.2) is 0 Å². The molecule has 3 nitrogen and oxygen atoms in total. The molecule has 0 radical (unpaired) electrons. The highest BCUT2D eigenvalue weighted by Crippen LogP contribution is 1.96. The van der Waals surface area contributed by atoms with Crippen LogP contribution >= 0.6 is 0 Å². The highest BCUT2D eigenvalue weighted by atomic mass is 15.2. The molecule has 0 amide bonds. The van der Waals surface area contributed by atoms with E-state index in [2.05, 4.69) is 13.8 Å². The molecule has 0 bridgehead atoms. The van der Waals surface area contributed by atoms with Gasteiger partial charge in [-0.25, -0.2) is 0 Å². The molecular formula is C7H15N3. The first-order chi connectivity index (χ1) is 4.57. The van der Waals surface area contributed by atoms with Gasteiger partial charge in [-0.2, -0.15) is 5.26 Å². The van der Waals surface area contributed by atoms with E-state index in [-0.39, 0.29) is 0 Å². The van der Waals surface area contributed by atoms with Gasteiger partial charge in [0.05, 0.1) is 6.07 Å². The molecule has 0 rings (SSSR count). The molecule has 0 aromatic heterocycles. The summed E-state index contributed by atoms with van der Waals surface area (Å²) < 4.78 is 0. The molecule has 0 aromatic rings. The molecule has 2 N–H and O–H groups in total. The van der Waals surface area contributed by atoms with E-state index >= 15 is 0 Å². The Morgan fingerprint density at radius 2 is 2.10 bits per heavy atom. The minimum atomic E-state index is -0.456. The second-order valence-corrected chi connectivity index (χ2v) is 2.91. The minimum Gasteiger partial charge on any atom is -0.304 e. The van der Waals surface area contributed by atoms with Gasteiger partial charge in [-0.3, -0.25) is 4.90 Å². The number of nitriles is 1. The van der Waals surface area contributed by atoms with Crippen LogP contribution < -0.4 is 5.73 Å². The molecule has 0 aliphatic heterocycles. The van der Waals surface area contributed by atoms with Crippen LogP contribution in [0.1, 0.15) is 13.8 Å². The monoisotopic (exact) mass is 141 g/mol. The first-order valence-electron chi connectivity index (χ1n) is 3.43. The van der Waals surface area contributed by atoms with Gasteiger partial charge in [0.25, 0.3) is 0 Å². The topological polar surface area (TPSA) is 53.0 Å². The molecule has 1 atom stereocenters. The molecule has 0 aromatic carbocycles. The second-order valence-electron chi connectivity index (χ2n) is 2.91. The Morgan fingerprint density at radius 1 is 1.60 bits per heavy atom. The summed E-state index contributed by atoms with van der Waals surface area (Å²) in [6.07, 6.45) is -0.456. The summed E-state index contributed by atoms with van der Waals surface area (Å²) in [5.74, 6) is 0.560. The average molecular weight is 141 g/mol. The fraction of sp³-hybridized carbons (Fsp3) is 0.857. The molecule has 0 aliphatic rings. The third kappa shape index (κ3) is 3.44. The van der Waals surface area contributed by atoms with Crippen LogP contribution in [-0.2, 0) is 0 Å². The van der Waals surface area contributed by atoms with E-state index in [1.807, 2.05) is 18.0 Å². The summed E-state index contributed by atoms with van der Waals surface area (Å²) in [4.78, 5) is 1.84. The molecule has 0 fully saturated rings. The van der Waals surface area contributed by atoms with Crippen LogP contribution in [0.4, 0.5) is 0 Å². The van der Waals surface area contributed by atoms with Crippen molar-refractivity contribution in [3.05, 3.63) is 0 Å². The zero-order valence-electron chi connectivity index (χ0n) is 6.83. The lowest BCUT2D eigenvalue weighted by Crippen LogP contribution is -2.39. The van der Waals surface area contributed by atoms with Gasteiger partial charge in [0.2, 0.25) is 0 Å². The van der Waals surface area contributed by atoms with Gasteiger partial charge >= 0.3 is 0 Å². The van der Waals surface area contributed by atoms with E-state index < -0.39 is 6.17 Å². The molecule has 0 heterocycles. The Morgan fingerprint density at radius 3 is 2.40 bits per heavy atom. The lowest BCUT2D eigenvalue weighted by molar-refractivity contribution is 0.260. The molecule has 0 saturated heterocycles. The van der Waals surface area contributed by atoms with Crippen LogP contribution in [0, 0.1) is 17.2 Å². The summed E-state index contributed by atoms with van der Waals surface area (Å²) in [7, 11) is 1.86. The SMILES string of the molecule is CC(C)CN(C)C(N)C#N. The van der Waals surface area contributed by atoms with E-state index in [0.717, 1.165) is 6.54 Å². The molecule has 0 aliphatic carbocycles. The largest absolute Gasteiger partial charge is 0.304 e. The van der Waals surface area contributed by atoms with Gasteiger partial charge in [-0.15, -0.1) is 0 Å². The van der Waals surface area contributed by atoms with Gasteiger partial charge < -0.3 is 5.73 Å². The van der Waals surface area contributed by atoms with Crippen molar-refractivity contribution in [3.63, 3.8) is 0 Å². The zero-order chi connectivity index (χ0) is 8.15. The Balaban J connectivity index is 3.64. The van der Waals surface area contributed by atoms with Crippen molar-refractivity contribution in [2.24, 2.45) is 11.7 Å². The van der Waals surface area contributed by atoms with Crippen molar-refractivity contribution in [2.75, 3.05) is 13.6 Å². The number of rotatable bonds is 3. The molecule has 10 heavy (non-hydrogen) atoms. The number of hydrogen-bond acceptors (Lipinski definition) is 3. The normalized spacial score (nSPS) is 13.7. The van der Waals surface area contributed by atoms with E-state index in [0.29, 0.717) is 5.92 Å². The molecule has 0 saturated carbocycles. The highest BCUT2D eigenvalue weighted by Gasteiger charge is 2.08. The fourth-order valence-corrected chi connectivity index (χ4v) is 0.788. The smallest absolute Gasteiger partial charge is 0.147 e. The molecule has 0 spiro atoms. The third-order valence-electron chi connectivity index (χ3n) is 1.26. The van der Waals surface area contributed by atoms with Gasteiger partial charge in [-0.05, 0) is 13.0 Å². The first-order valence-corrected chi connectivity index (χ1v) is 3.43. The summed E-state index contributed by atoms with van der Waals surface area (Å²) in [5.41, 5.74) is 5.43. The second kappa shape index (κ2) is 4.26. The third-order valence-corrected chi connectivity index (χ3v) is 1.26. The maximum Gasteiger partial charge on any atom is 0.147 e. The Bertz CT molecular complexity index is 125. The first kappa shape index (κ1) is 9.41. The van der Waals surface area contributed by atoms with Crippen molar-refractivity contribution < 1.29 is 0 Å². The lowest BCUT2D eigenvalue weighted by Gasteiger charge is -2.20. The highest BCUT2D eigenvalue weighted by molar-refractivity contribution is 4.85. The standard InChI is InChI=1S/C7H15N3/c1-6(2)5-10(3)7(9)4-8/h6-7H,5,9H2,1-3H3. The maximum absolute atomic E-state index is 8.40. The summed E-state index contributed by atoms with van der Waals surface area (Å²) in [6, 6.07) is 1.97. The quantitative estimate of drug-likeness (QED) is 0.578. The van der Waals surface area contributed by atoms with E-state index in [1.54, 1.807) is 0 Å². The van der Waals surface area contributed by atoms with Gasteiger partial charge in [-0.1, -0.05) is 13.8 Å². The van der Waals surface area contributed by atoms with Gasteiger partial charge in [0, 0.05) is 6.54 Å². The van der Waals surface area contributed by atoms with Crippen molar-refractivity contribution >= 4 is 0 Å². The van der Waals surface area contributed by atoms with Crippen LogP contribution in [0.2, 0.25) is 0 Å². The number of nitrogens with two attached hydrogens (primary N) is 1. The fourth-order valence-electron chi connectivity index (χ4n) is 0.788. The zero-order valence-corrected chi connectivity index (χ0v) is 6.83. The van der Waals surface area contributed by atoms with Crippen LogP contribution in [-0.4, -0.2) is 24.7 Å². The van der Waals surface area contributed by atoms with E-state index in [9.17, 15) is 0 Å². The Hall–Kier alpha value is -0.590. The van der Waals surface area contributed by atoms with Crippen LogP contribution in [0.5, 0.6) is 0 Å². The molecule has 1 unspecified atom stereocenters. The molecule has 58 valence electrons. The van der Waals surface area contributed by atoms with E-state index in [1.165, 1.54) is 0 Å². The molecular weight excluding hydrogens is 126 g/mol. The Kier molecular flexibility index (Phi) is 4.01. The molecule has 3 heteroatoms. The Labute approximate surface area is 62.4 Å². The van der Waals surface area contributed by atoms with Gasteiger partial charge in [0.1, 0.15) is 6.17 Å². The van der Waals surface area contributed by atoms with E-state index in [4.69, 9.17) is 11.0 Å². The van der Waals surface area contributed by atoms with Crippen molar-refractivity contribution in [1.82, 2.24) is 4.90 Å². The predicted molar refractivity (Wildman–Crippen MR) is 41.1 cm³/mol. The number of nitrogens with zero attached hydrogens (tertiary/aromatic N) is 2. The minimum absolute atomic E-state index is 0.456. The van der Waals surface area contributed by atoms with Crippen LogP contribution in [0.25, 0.3) is 0 Å². The summed E-state index contributed by atoms with van der Waals surface area (Å²) in [6.45, 7) is 5.07. The van der Waals surface area contributed by atoms with Crippen molar-refractivity contribution in [2.45, 2.75) is 20.0 Å².